The van der Waals surface area contributed by atoms with Crippen molar-refractivity contribution in [3.63, 3.8) is 0 Å². The highest BCUT2D eigenvalue weighted by atomic mass is 16.5. The molecule has 1 N–H and O–H groups in total. The minimum Gasteiger partial charge on any atom is -0.497 e. The second-order valence-electron chi connectivity index (χ2n) is 4.31. The molecule has 0 saturated heterocycles. The van der Waals surface area contributed by atoms with Gasteiger partial charge in [-0.2, -0.15) is 0 Å². The minimum absolute atomic E-state index is 0.573. The first-order chi connectivity index (χ1) is 9.31. The standard InChI is InChI=1S/C16H19NO2/c1-17-11-13-4-3-5-14(10-13)12-19-16-8-6-15(18-2)7-9-16/h3-10,17H,11-12H2,1-2H3. The molecule has 0 amide bonds. The Balaban J connectivity index is 1.95. The Bertz CT molecular complexity index is 508. The van der Waals surface area contributed by atoms with E-state index in [1.165, 1.54) is 11.1 Å². The minimum atomic E-state index is 0.573. The third-order valence-corrected chi connectivity index (χ3v) is 2.84. The summed E-state index contributed by atoms with van der Waals surface area (Å²) < 4.78 is 10.9. The molecule has 0 fully saturated rings. The zero-order chi connectivity index (χ0) is 13.5. The van der Waals surface area contributed by atoms with Crippen molar-refractivity contribution in [3.8, 4) is 11.5 Å². The average Bonchev–Trinajstić information content (AvgIpc) is 2.46. The van der Waals surface area contributed by atoms with Gasteiger partial charge in [-0.3, -0.25) is 0 Å². The summed E-state index contributed by atoms with van der Waals surface area (Å²) in [5.41, 5.74) is 2.43. The van der Waals surface area contributed by atoms with E-state index in [9.17, 15) is 0 Å². The van der Waals surface area contributed by atoms with Crippen molar-refractivity contribution in [2.24, 2.45) is 0 Å². The third kappa shape index (κ3) is 4.00. The smallest absolute Gasteiger partial charge is 0.120 e. The lowest BCUT2D eigenvalue weighted by Gasteiger charge is -2.08. The molecule has 100 valence electrons. The van der Waals surface area contributed by atoms with Crippen LogP contribution < -0.4 is 14.8 Å². The summed E-state index contributed by atoms with van der Waals surface area (Å²) >= 11 is 0. The Kier molecular flexibility index (Phi) is 4.81. The number of methoxy groups -OCH3 is 1. The van der Waals surface area contributed by atoms with Crippen LogP contribution in [0.3, 0.4) is 0 Å². The average molecular weight is 257 g/mol. The quantitative estimate of drug-likeness (QED) is 0.863. The van der Waals surface area contributed by atoms with Gasteiger partial charge in [-0.25, -0.2) is 0 Å². The highest BCUT2D eigenvalue weighted by Gasteiger charge is 1.98. The molecule has 0 bridgehead atoms. The van der Waals surface area contributed by atoms with Crippen molar-refractivity contribution in [3.05, 3.63) is 59.7 Å². The molecule has 0 unspecified atom stereocenters. The van der Waals surface area contributed by atoms with Gasteiger partial charge in [-0.1, -0.05) is 24.3 Å². The van der Waals surface area contributed by atoms with Crippen LogP contribution in [0.4, 0.5) is 0 Å². The Morgan fingerprint density at radius 1 is 0.947 bits per heavy atom. The van der Waals surface area contributed by atoms with E-state index in [0.717, 1.165) is 18.0 Å². The van der Waals surface area contributed by atoms with E-state index in [0.29, 0.717) is 6.61 Å². The van der Waals surface area contributed by atoms with Crippen LogP contribution >= 0.6 is 0 Å². The lowest BCUT2D eigenvalue weighted by atomic mass is 10.1. The van der Waals surface area contributed by atoms with Crippen molar-refractivity contribution in [2.45, 2.75) is 13.2 Å². The molecule has 0 saturated carbocycles. The summed E-state index contributed by atoms with van der Waals surface area (Å²) in [5, 5.41) is 3.14. The normalized spacial score (nSPS) is 10.2. The van der Waals surface area contributed by atoms with E-state index in [-0.39, 0.29) is 0 Å². The van der Waals surface area contributed by atoms with Crippen LogP contribution in [0.5, 0.6) is 11.5 Å². The maximum absolute atomic E-state index is 5.75. The number of hydrogen-bond acceptors (Lipinski definition) is 3. The molecule has 0 radical (unpaired) electrons. The second kappa shape index (κ2) is 6.81. The first-order valence-electron chi connectivity index (χ1n) is 6.31. The zero-order valence-corrected chi connectivity index (χ0v) is 11.3. The van der Waals surface area contributed by atoms with Gasteiger partial charge < -0.3 is 14.8 Å². The van der Waals surface area contributed by atoms with Gasteiger partial charge in [0.05, 0.1) is 7.11 Å². The number of nitrogens with one attached hydrogen (secondary N) is 1. The summed E-state index contributed by atoms with van der Waals surface area (Å²) in [7, 11) is 3.60. The fourth-order valence-corrected chi connectivity index (χ4v) is 1.87. The molecule has 0 atom stereocenters. The molecule has 0 spiro atoms. The molecule has 19 heavy (non-hydrogen) atoms. The van der Waals surface area contributed by atoms with Crippen LogP contribution in [-0.2, 0) is 13.2 Å². The maximum Gasteiger partial charge on any atom is 0.120 e. The highest BCUT2D eigenvalue weighted by Crippen LogP contribution is 2.18. The van der Waals surface area contributed by atoms with E-state index in [1.54, 1.807) is 7.11 Å². The molecular weight excluding hydrogens is 238 g/mol. The van der Waals surface area contributed by atoms with Crippen molar-refractivity contribution in [1.82, 2.24) is 5.32 Å². The molecule has 0 aromatic heterocycles. The SMILES string of the molecule is CNCc1cccc(COc2ccc(OC)cc2)c1. The maximum atomic E-state index is 5.75. The van der Waals surface area contributed by atoms with Gasteiger partial charge in [0, 0.05) is 6.54 Å². The van der Waals surface area contributed by atoms with Crippen LogP contribution in [0.1, 0.15) is 11.1 Å². The molecule has 2 aromatic carbocycles. The van der Waals surface area contributed by atoms with E-state index in [1.807, 2.05) is 31.3 Å². The van der Waals surface area contributed by atoms with E-state index in [4.69, 9.17) is 9.47 Å². The van der Waals surface area contributed by atoms with Crippen LogP contribution in [0.25, 0.3) is 0 Å². The molecule has 2 aromatic rings. The van der Waals surface area contributed by atoms with E-state index >= 15 is 0 Å². The van der Waals surface area contributed by atoms with Crippen LogP contribution in [0.2, 0.25) is 0 Å². The van der Waals surface area contributed by atoms with Crippen molar-refractivity contribution < 1.29 is 9.47 Å². The fraction of sp³-hybridized carbons (Fsp3) is 0.250. The molecule has 0 aliphatic carbocycles. The summed E-state index contributed by atoms with van der Waals surface area (Å²) in [4.78, 5) is 0. The van der Waals surface area contributed by atoms with Gasteiger partial charge in [0.25, 0.3) is 0 Å². The number of ether oxygens (including phenoxy) is 2. The van der Waals surface area contributed by atoms with Crippen molar-refractivity contribution in [2.75, 3.05) is 14.2 Å². The first-order valence-corrected chi connectivity index (χ1v) is 6.31. The summed E-state index contributed by atoms with van der Waals surface area (Å²) in [6.07, 6.45) is 0. The van der Waals surface area contributed by atoms with Gasteiger partial charge >= 0.3 is 0 Å². The third-order valence-electron chi connectivity index (χ3n) is 2.84. The van der Waals surface area contributed by atoms with Gasteiger partial charge in [0.1, 0.15) is 18.1 Å². The number of hydrogen-bond donors (Lipinski definition) is 1. The van der Waals surface area contributed by atoms with Gasteiger partial charge in [-0.15, -0.1) is 0 Å². The highest BCUT2D eigenvalue weighted by molar-refractivity contribution is 5.31. The molecule has 0 heterocycles. The lowest BCUT2D eigenvalue weighted by molar-refractivity contribution is 0.305. The van der Waals surface area contributed by atoms with Crippen LogP contribution in [0, 0.1) is 0 Å². The first kappa shape index (κ1) is 13.4. The lowest BCUT2D eigenvalue weighted by Crippen LogP contribution is -2.05. The predicted molar refractivity (Wildman–Crippen MR) is 76.5 cm³/mol. The molecular formula is C16H19NO2. The summed E-state index contributed by atoms with van der Waals surface area (Å²) in [6.45, 7) is 1.44. The predicted octanol–water partition coefficient (Wildman–Crippen LogP) is 2.99. The van der Waals surface area contributed by atoms with Crippen LogP contribution in [0.15, 0.2) is 48.5 Å². The number of rotatable bonds is 6. The summed E-state index contributed by atoms with van der Waals surface area (Å²) in [6, 6.07) is 16.0. The van der Waals surface area contributed by atoms with E-state index in [2.05, 4.69) is 29.6 Å². The topological polar surface area (TPSA) is 30.5 Å². The Labute approximate surface area is 114 Å². The second-order valence-corrected chi connectivity index (χ2v) is 4.31. The van der Waals surface area contributed by atoms with Crippen molar-refractivity contribution >= 4 is 0 Å². The van der Waals surface area contributed by atoms with Crippen molar-refractivity contribution in [1.29, 1.82) is 0 Å². The Morgan fingerprint density at radius 3 is 2.32 bits per heavy atom. The van der Waals surface area contributed by atoms with Crippen LogP contribution in [-0.4, -0.2) is 14.2 Å². The van der Waals surface area contributed by atoms with Gasteiger partial charge in [-0.05, 0) is 42.4 Å². The Hall–Kier alpha value is -2.00. The zero-order valence-electron chi connectivity index (χ0n) is 11.3. The Morgan fingerprint density at radius 2 is 1.63 bits per heavy atom. The monoisotopic (exact) mass is 257 g/mol. The van der Waals surface area contributed by atoms with Gasteiger partial charge in [0.2, 0.25) is 0 Å². The number of benzene rings is 2. The molecule has 0 aliphatic heterocycles. The largest absolute Gasteiger partial charge is 0.497 e. The molecule has 3 nitrogen and oxygen atoms in total. The molecule has 3 heteroatoms. The van der Waals surface area contributed by atoms with E-state index < -0.39 is 0 Å². The molecule has 0 aliphatic rings. The molecule has 2 rings (SSSR count). The summed E-state index contributed by atoms with van der Waals surface area (Å²) in [5.74, 6) is 1.68. The fourth-order valence-electron chi connectivity index (χ4n) is 1.87. The van der Waals surface area contributed by atoms with Gasteiger partial charge in [0.15, 0.2) is 0 Å².